The molecule has 4 rings (SSSR count). The van der Waals surface area contributed by atoms with E-state index in [0.29, 0.717) is 28.2 Å². The standard InChI is InChI=1S/C25H24N6O3/c1-15(26)23(31(27)18-11-13-19(34-2)14-12-18)25(33)28-17-9-7-16(8-10-17)22-20-5-3-4-6-21(20)24(32)30-29-22/h3-14H,26-27H2,1-2H3,(H,28,33)(H,30,32)/b23-15-. The zero-order valence-electron chi connectivity index (χ0n) is 18.7. The Hall–Kier alpha value is -4.63. The van der Waals surface area contributed by atoms with E-state index >= 15 is 0 Å². The van der Waals surface area contributed by atoms with Crippen LogP contribution in [0.3, 0.4) is 0 Å². The number of aromatic nitrogens is 2. The smallest absolute Gasteiger partial charge is 0.275 e. The molecular formula is C25H24N6O3. The Balaban J connectivity index is 1.57. The van der Waals surface area contributed by atoms with Gasteiger partial charge < -0.3 is 15.8 Å². The predicted octanol–water partition coefficient (Wildman–Crippen LogP) is 3.11. The fourth-order valence-corrected chi connectivity index (χ4v) is 3.59. The number of hydrogen-bond donors (Lipinski definition) is 4. The van der Waals surface area contributed by atoms with Crippen LogP contribution in [0.15, 0.2) is 89.0 Å². The van der Waals surface area contributed by atoms with Crippen LogP contribution in [0.1, 0.15) is 6.92 Å². The van der Waals surface area contributed by atoms with Crippen molar-refractivity contribution in [2.45, 2.75) is 6.92 Å². The van der Waals surface area contributed by atoms with E-state index in [1.165, 1.54) is 5.01 Å². The summed E-state index contributed by atoms with van der Waals surface area (Å²) in [5.41, 5.74) is 8.65. The summed E-state index contributed by atoms with van der Waals surface area (Å²) in [6.07, 6.45) is 0. The molecule has 0 saturated heterocycles. The van der Waals surface area contributed by atoms with Crippen molar-refractivity contribution < 1.29 is 9.53 Å². The molecule has 0 atom stereocenters. The van der Waals surface area contributed by atoms with Crippen molar-refractivity contribution in [2.75, 3.05) is 17.4 Å². The normalized spacial score (nSPS) is 11.6. The first-order chi connectivity index (χ1) is 16.4. The summed E-state index contributed by atoms with van der Waals surface area (Å²) in [6, 6.07) is 21.3. The zero-order valence-corrected chi connectivity index (χ0v) is 18.7. The van der Waals surface area contributed by atoms with Crippen molar-refractivity contribution in [1.82, 2.24) is 10.2 Å². The lowest BCUT2D eigenvalue weighted by Gasteiger charge is -2.23. The summed E-state index contributed by atoms with van der Waals surface area (Å²) in [6.45, 7) is 1.61. The molecule has 0 spiro atoms. The molecule has 0 unspecified atom stereocenters. The number of aromatic amines is 1. The monoisotopic (exact) mass is 456 g/mol. The van der Waals surface area contributed by atoms with Crippen LogP contribution in [0.5, 0.6) is 5.75 Å². The quantitative estimate of drug-likeness (QED) is 0.199. The van der Waals surface area contributed by atoms with Crippen LogP contribution in [0.25, 0.3) is 22.0 Å². The SMILES string of the molecule is COc1ccc(N(N)/C(C(=O)Nc2ccc(-c3n[nH]c(=O)c4ccccc34)cc2)=C(/C)N)cc1. The topological polar surface area (TPSA) is 139 Å². The number of rotatable bonds is 6. The van der Waals surface area contributed by atoms with Crippen molar-refractivity contribution in [1.29, 1.82) is 0 Å². The summed E-state index contributed by atoms with van der Waals surface area (Å²) in [4.78, 5) is 25.1. The molecule has 0 bridgehead atoms. The minimum absolute atomic E-state index is 0.113. The van der Waals surface area contributed by atoms with Crippen molar-refractivity contribution in [3.63, 3.8) is 0 Å². The fraction of sp³-hybridized carbons (Fsp3) is 0.0800. The number of methoxy groups -OCH3 is 1. The van der Waals surface area contributed by atoms with Crippen LogP contribution in [0, 0.1) is 0 Å². The van der Waals surface area contributed by atoms with E-state index in [1.54, 1.807) is 62.6 Å². The highest BCUT2D eigenvalue weighted by Crippen LogP contribution is 2.26. The molecule has 6 N–H and O–H groups in total. The first kappa shape index (κ1) is 22.6. The Morgan fingerprint density at radius 3 is 2.26 bits per heavy atom. The van der Waals surface area contributed by atoms with E-state index in [1.807, 2.05) is 24.3 Å². The summed E-state index contributed by atoms with van der Waals surface area (Å²) in [5.74, 6) is 6.42. The minimum atomic E-state index is -0.460. The molecule has 4 aromatic rings. The van der Waals surface area contributed by atoms with E-state index in [4.69, 9.17) is 16.3 Å². The minimum Gasteiger partial charge on any atom is -0.497 e. The van der Waals surface area contributed by atoms with Gasteiger partial charge in [0, 0.05) is 22.3 Å². The number of fused-ring (bicyclic) bond motifs is 1. The van der Waals surface area contributed by atoms with Gasteiger partial charge in [0.05, 0.1) is 23.9 Å². The van der Waals surface area contributed by atoms with E-state index < -0.39 is 5.91 Å². The average molecular weight is 457 g/mol. The second-order valence-corrected chi connectivity index (χ2v) is 7.58. The number of nitrogens with one attached hydrogen (secondary N) is 2. The summed E-state index contributed by atoms with van der Waals surface area (Å²) in [7, 11) is 1.57. The second-order valence-electron chi connectivity index (χ2n) is 7.58. The molecule has 0 fully saturated rings. The lowest BCUT2D eigenvalue weighted by Crippen LogP contribution is -2.38. The number of benzene rings is 3. The molecule has 1 aromatic heterocycles. The van der Waals surface area contributed by atoms with Gasteiger partial charge in [-0.1, -0.05) is 30.3 Å². The lowest BCUT2D eigenvalue weighted by atomic mass is 10.0. The highest BCUT2D eigenvalue weighted by atomic mass is 16.5. The maximum Gasteiger partial charge on any atom is 0.275 e. The first-order valence-electron chi connectivity index (χ1n) is 10.4. The van der Waals surface area contributed by atoms with E-state index in [0.717, 1.165) is 10.9 Å². The van der Waals surface area contributed by atoms with Crippen molar-refractivity contribution in [3.8, 4) is 17.0 Å². The summed E-state index contributed by atoms with van der Waals surface area (Å²) >= 11 is 0. The average Bonchev–Trinajstić information content (AvgIpc) is 2.85. The van der Waals surface area contributed by atoms with Gasteiger partial charge in [0.15, 0.2) is 0 Å². The number of allylic oxidation sites excluding steroid dienone is 1. The number of hydrazine groups is 1. The molecule has 34 heavy (non-hydrogen) atoms. The number of amides is 1. The van der Waals surface area contributed by atoms with Crippen LogP contribution >= 0.6 is 0 Å². The Kier molecular flexibility index (Phi) is 6.28. The molecule has 0 aliphatic carbocycles. The van der Waals surface area contributed by atoms with Crippen molar-refractivity contribution in [3.05, 3.63) is 94.5 Å². The number of ether oxygens (including phenoxy) is 1. The van der Waals surface area contributed by atoms with Crippen molar-refractivity contribution >= 4 is 28.1 Å². The van der Waals surface area contributed by atoms with Crippen LogP contribution in [-0.4, -0.2) is 23.2 Å². The number of carbonyl (C=O) groups excluding carboxylic acids is 1. The third-order valence-corrected chi connectivity index (χ3v) is 5.29. The molecule has 0 saturated carbocycles. The van der Waals surface area contributed by atoms with Gasteiger partial charge in [-0.3, -0.25) is 14.6 Å². The number of carbonyl (C=O) groups is 1. The molecule has 1 amide bonds. The third kappa shape index (κ3) is 4.45. The first-order valence-corrected chi connectivity index (χ1v) is 10.4. The highest BCUT2D eigenvalue weighted by Gasteiger charge is 2.19. The van der Waals surface area contributed by atoms with Crippen LogP contribution in [0.4, 0.5) is 11.4 Å². The van der Waals surface area contributed by atoms with Crippen molar-refractivity contribution in [2.24, 2.45) is 11.6 Å². The molecule has 3 aromatic carbocycles. The predicted molar refractivity (Wildman–Crippen MR) is 133 cm³/mol. The highest BCUT2D eigenvalue weighted by molar-refractivity contribution is 6.06. The fourth-order valence-electron chi connectivity index (χ4n) is 3.59. The second kappa shape index (κ2) is 9.47. The Morgan fingerprint density at radius 2 is 1.65 bits per heavy atom. The third-order valence-electron chi connectivity index (χ3n) is 5.29. The maximum absolute atomic E-state index is 13.0. The molecule has 0 radical (unpaired) electrons. The Bertz CT molecular complexity index is 1420. The largest absolute Gasteiger partial charge is 0.497 e. The van der Waals surface area contributed by atoms with E-state index in [2.05, 4.69) is 15.5 Å². The van der Waals surface area contributed by atoms with Gasteiger partial charge in [0.1, 0.15) is 11.4 Å². The number of nitrogens with two attached hydrogens (primary N) is 2. The number of hydrogen-bond acceptors (Lipinski definition) is 7. The van der Waals surface area contributed by atoms with E-state index in [-0.39, 0.29) is 17.0 Å². The van der Waals surface area contributed by atoms with Gasteiger partial charge in [-0.25, -0.2) is 10.9 Å². The molecule has 9 nitrogen and oxygen atoms in total. The van der Waals surface area contributed by atoms with Gasteiger partial charge in [0.2, 0.25) is 0 Å². The van der Waals surface area contributed by atoms with Gasteiger partial charge >= 0.3 is 0 Å². The van der Waals surface area contributed by atoms with E-state index in [9.17, 15) is 9.59 Å². The van der Waals surface area contributed by atoms with Gasteiger partial charge in [0.25, 0.3) is 11.5 Å². The van der Waals surface area contributed by atoms with Gasteiger partial charge in [-0.2, -0.15) is 5.10 Å². The van der Waals surface area contributed by atoms with Crippen LogP contribution < -0.4 is 32.2 Å². The van der Waals surface area contributed by atoms with Crippen LogP contribution in [0.2, 0.25) is 0 Å². The maximum atomic E-state index is 13.0. The number of H-pyrrole nitrogens is 1. The Labute approximate surface area is 195 Å². The molecular weight excluding hydrogens is 432 g/mol. The van der Waals surface area contributed by atoms with Gasteiger partial charge in [-0.15, -0.1) is 0 Å². The molecule has 0 aliphatic heterocycles. The zero-order chi connectivity index (χ0) is 24.2. The molecule has 0 aliphatic rings. The molecule has 1 heterocycles. The lowest BCUT2D eigenvalue weighted by molar-refractivity contribution is -0.113. The Morgan fingerprint density at radius 1 is 1.00 bits per heavy atom. The van der Waals surface area contributed by atoms with Crippen LogP contribution in [-0.2, 0) is 4.79 Å². The summed E-state index contributed by atoms with van der Waals surface area (Å²) in [5, 5.41) is 12.1. The summed E-state index contributed by atoms with van der Waals surface area (Å²) < 4.78 is 5.16. The molecule has 172 valence electrons. The molecule has 9 heteroatoms. The number of anilines is 2. The number of nitrogens with zero attached hydrogens (tertiary/aromatic N) is 2. The van der Waals surface area contributed by atoms with Gasteiger partial charge in [-0.05, 0) is 49.4 Å².